The van der Waals surface area contributed by atoms with Crippen molar-refractivity contribution in [2.75, 3.05) is 11.3 Å². The van der Waals surface area contributed by atoms with Crippen molar-refractivity contribution in [1.29, 1.82) is 0 Å². The molecule has 0 aliphatic carbocycles. The van der Waals surface area contributed by atoms with Gasteiger partial charge >= 0.3 is 0 Å². The van der Waals surface area contributed by atoms with Crippen LogP contribution in [0, 0.1) is 0 Å². The monoisotopic (exact) mass is 417 g/mol. The Balaban J connectivity index is 1.78. The first-order valence-corrected chi connectivity index (χ1v) is 10.6. The van der Waals surface area contributed by atoms with Crippen LogP contribution in [0.2, 0.25) is 0 Å². The highest BCUT2D eigenvalue weighted by molar-refractivity contribution is 7.92. The van der Waals surface area contributed by atoms with Crippen molar-refractivity contribution in [1.82, 2.24) is 10.4 Å². The van der Waals surface area contributed by atoms with Gasteiger partial charge in [-0.3, -0.25) is 19.5 Å². The van der Waals surface area contributed by atoms with E-state index in [0.29, 0.717) is 18.7 Å². The quantitative estimate of drug-likeness (QED) is 0.490. The van der Waals surface area contributed by atoms with E-state index in [4.69, 9.17) is 5.21 Å². The van der Waals surface area contributed by atoms with Crippen LogP contribution < -0.4 is 10.2 Å². The number of carbonyl (C=O) groups excluding carboxylic acids is 2. The molecular formula is C20H23N3O5S. The van der Waals surface area contributed by atoms with Gasteiger partial charge in [-0.1, -0.05) is 30.3 Å². The zero-order valence-electron chi connectivity index (χ0n) is 16.1. The molecule has 1 aliphatic rings. The smallest absolute Gasteiger partial charge is 0.265 e. The first kappa shape index (κ1) is 20.8. The van der Waals surface area contributed by atoms with Crippen molar-refractivity contribution in [2.24, 2.45) is 0 Å². The van der Waals surface area contributed by atoms with Gasteiger partial charge in [-0.25, -0.2) is 13.9 Å². The Hall–Kier alpha value is -2.91. The zero-order valence-corrected chi connectivity index (χ0v) is 16.9. The van der Waals surface area contributed by atoms with Gasteiger partial charge in [0, 0.05) is 12.2 Å². The second kappa shape index (κ2) is 7.84. The Kier molecular flexibility index (Phi) is 5.63. The molecule has 154 valence electrons. The number of nitrogens with zero attached hydrogens (tertiary/aromatic N) is 1. The molecule has 2 unspecified atom stereocenters. The molecule has 3 rings (SSSR count). The molecule has 1 aliphatic heterocycles. The number of hydroxylamine groups is 1. The molecule has 2 amide bonds. The van der Waals surface area contributed by atoms with Crippen molar-refractivity contribution >= 4 is 27.5 Å². The lowest BCUT2D eigenvalue weighted by Crippen LogP contribution is -2.47. The van der Waals surface area contributed by atoms with E-state index in [0.717, 1.165) is 5.56 Å². The minimum absolute atomic E-state index is 0.161. The molecule has 8 nitrogen and oxygen atoms in total. The number of benzene rings is 2. The summed E-state index contributed by atoms with van der Waals surface area (Å²) in [6, 6.07) is 13.9. The maximum absolute atomic E-state index is 12.9. The van der Waals surface area contributed by atoms with Crippen molar-refractivity contribution in [2.45, 2.75) is 36.6 Å². The minimum Gasteiger partial charge on any atom is -0.330 e. The van der Waals surface area contributed by atoms with Crippen LogP contribution in [0.4, 0.5) is 5.69 Å². The first-order valence-electron chi connectivity index (χ1n) is 9.12. The molecule has 0 aromatic heterocycles. The number of anilines is 1. The van der Waals surface area contributed by atoms with Crippen LogP contribution in [0.3, 0.4) is 0 Å². The number of amides is 2. The van der Waals surface area contributed by atoms with Crippen LogP contribution in [0.5, 0.6) is 0 Å². The predicted octanol–water partition coefficient (Wildman–Crippen LogP) is 1.87. The molecule has 1 heterocycles. The van der Waals surface area contributed by atoms with Crippen molar-refractivity contribution in [3.05, 3.63) is 60.2 Å². The van der Waals surface area contributed by atoms with E-state index >= 15 is 0 Å². The van der Waals surface area contributed by atoms with Gasteiger partial charge in [0.05, 0.1) is 10.3 Å². The highest BCUT2D eigenvalue weighted by Crippen LogP contribution is 2.37. The summed E-state index contributed by atoms with van der Waals surface area (Å²) in [5.74, 6) is -0.862. The van der Waals surface area contributed by atoms with Gasteiger partial charge in [-0.05, 0) is 50.1 Å². The Labute approximate surface area is 169 Å². The van der Waals surface area contributed by atoms with E-state index in [1.54, 1.807) is 61.8 Å². The molecule has 2 aromatic rings. The van der Waals surface area contributed by atoms with E-state index in [9.17, 15) is 18.0 Å². The molecule has 29 heavy (non-hydrogen) atoms. The van der Waals surface area contributed by atoms with Gasteiger partial charge < -0.3 is 4.90 Å². The number of rotatable bonds is 6. The van der Waals surface area contributed by atoms with Crippen LogP contribution in [0.25, 0.3) is 0 Å². The summed E-state index contributed by atoms with van der Waals surface area (Å²) >= 11 is 0. The fraction of sp³-hybridized carbons (Fsp3) is 0.300. The number of carbonyl (C=O) groups is 2. The molecule has 2 atom stereocenters. The maximum Gasteiger partial charge on any atom is 0.265 e. The van der Waals surface area contributed by atoms with E-state index < -0.39 is 27.4 Å². The summed E-state index contributed by atoms with van der Waals surface area (Å²) in [7, 11) is -3.70. The number of hydrogen-bond acceptors (Lipinski definition) is 5. The van der Waals surface area contributed by atoms with E-state index in [1.807, 2.05) is 0 Å². The third-order valence-corrected chi connectivity index (χ3v) is 6.77. The lowest BCUT2D eigenvalue weighted by Gasteiger charge is -2.27. The van der Waals surface area contributed by atoms with Crippen LogP contribution in [-0.4, -0.2) is 42.9 Å². The largest absolute Gasteiger partial charge is 0.330 e. The van der Waals surface area contributed by atoms with Crippen molar-refractivity contribution in [3.63, 3.8) is 0 Å². The molecular weight excluding hydrogens is 394 g/mol. The predicted molar refractivity (Wildman–Crippen MR) is 107 cm³/mol. The fourth-order valence-electron chi connectivity index (χ4n) is 3.46. The van der Waals surface area contributed by atoms with Crippen LogP contribution in [-0.2, 0) is 25.0 Å². The minimum atomic E-state index is -3.70. The third-order valence-electron chi connectivity index (χ3n) is 5.37. The Morgan fingerprint density at radius 2 is 1.76 bits per heavy atom. The highest BCUT2D eigenvalue weighted by Gasteiger charge is 2.46. The molecule has 2 aromatic carbocycles. The van der Waals surface area contributed by atoms with Gasteiger partial charge in [-0.2, -0.15) is 0 Å². The van der Waals surface area contributed by atoms with Gasteiger partial charge in [-0.15, -0.1) is 0 Å². The van der Waals surface area contributed by atoms with E-state index in [1.165, 1.54) is 17.0 Å². The highest BCUT2D eigenvalue weighted by atomic mass is 32.2. The number of sulfonamides is 1. The standard InChI is InChI=1S/C20H23N3O5S/c1-14(18(24)21-26)23-13-12-20(2,19(23)25)15-8-10-16(11-9-15)22-29(27,28)17-6-4-3-5-7-17/h3-11,14,22,26H,12-13H2,1-2H3,(H,21,24). The van der Waals surface area contributed by atoms with Crippen LogP contribution >= 0.6 is 0 Å². The van der Waals surface area contributed by atoms with E-state index in [-0.39, 0.29) is 10.8 Å². The third kappa shape index (κ3) is 3.96. The molecule has 0 saturated carbocycles. The van der Waals surface area contributed by atoms with Crippen LogP contribution in [0.15, 0.2) is 59.5 Å². The molecule has 1 saturated heterocycles. The summed E-state index contributed by atoms with van der Waals surface area (Å²) in [6.45, 7) is 3.73. The Bertz CT molecular complexity index is 1010. The fourth-order valence-corrected chi connectivity index (χ4v) is 4.54. The SMILES string of the molecule is CC(C(=O)NO)N1CCC(C)(c2ccc(NS(=O)(=O)c3ccccc3)cc2)C1=O. The Morgan fingerprint density at radius 1 is 1.14 bits per heavy atom. The van der Waals surface area contributed by atoms with Gasteiger partial charge in [0.25, 0.3) is 15.9 Å². The number of nitrogens with one attached hydrogen (secondary N) is 2. The summed E-state index contributed by atoms with van der Waals surface area (Å²) in [6.07, 6.45) is 0.504. The number of hydrogen-bond donors (Lipinski definition) is 3. The van der Waals surface area contributed by atoms with Crippen molar-refractivity contribution in [3.8, 4) is 0 Å². The molecule has 9 heteroatoms. The maximum atomic E-state index is 12.9. The second-order valence-corrected chi connectivity index (χ2v) is 8.91. The molecule has 0 radical (unpaired) electrons. The lowest BCUT2D eigenvalue weighted by atomic mass is 9.81. The topological polar surface area (TPSA) is 116 Å². The average molecular weight is 417 g/mol. The van der Waals surface area contributed by atoms with Crippen molar-refractivity contribution < 1.29 is 23.2 Å². The summed E-state index contributed by atoms with van der Waals surface area (Å²) in [5, 5.41) is 8.81. The molecule has 0 spiro atoms. The van der Waals surface area contributed by atoms with Gasteiger partial charge in [0.1, 0.15) is 6.04 Å². The summed E-state index contributed by atoms with van der Waals surface area (Å²) < 4.78 is 27.4. The molecule has 0 bridgehead atoms. The van der Waals surface area contributed by atoms with E-state index in [2.05, 4.69) is 4.72 Å². The zero-order chi connectivity index (χ0) is 21.2. The van der Waals surface area contributed by atoms with Gasteiger partial charge in [0.15, 0.2) is 0 Å². The second-order valence-electron chi connectivity index (χ2n) is 7.23. The van der Waals surface area contributed by atoms with Crippen LogP contribution in [0.1, 0.15) is 25.8 Å². The summed E-state index contributed by atoms with van der Waals surface area (Å²) in [4.78, 5) is 26.2. The molecule has 1 fully saturated rings. The van der Waals surface area contributed by atoms with Gasteiger partial charge in [0.2, 0.25) is 5.91 Å². The number of likely N-dealkylation sites (tertiary alicyclic amines) is 1. The Morgan fingerprint density at radius 3 is 2.34 bits per heavy atom. The molecule has 3 N–H and O–H groups in total. The normalized spacial score (nSPS) is 20.4. The summed E-state index contributed by atoms with van der Waals surface area (Å²) in [5.41, 5.74) is 1.85. The average Bonchev–Trinajstić information content (AvgIpc) is 3.03. The lowest BCUT2D eigenvalue weighted by molar-refractivity contribution is -0.143. The first-order chi connectivity index (χ1) is 13.7.